The standard InChI is InChI=1S/C14H18N8/c1-8(9-3-4-9)18-13-11-12(16-7-15-11)20-14(21-13)19-10-5-17-22(2)6-10/h5-9H,3-4H2,1-2H3,(H3,15,16,18,19,20,21)/t8-/m0/s1. The first kappa shape index (κ1) is 13.1. The van der Waals surface area contributed by atoms with Crippen molar-refractivity contribution in [3.05, 3.63) is 18.7 Å². The summed E-state index contributed by atoms with van der Waals surface area (Å²) in [5, 5.41) is 10.8. The van der Waals surface area contributed by atoms with E-state index >= 15 is 0 Å². The number of imidazole rings is 1. The van der Waals surface area contributed by atoms with Gasteiger partial charge in [-0.1, -0.05) is 0 Å². The van der Waals surface area contributed by atoms with Gasteiger partial charge < -0.3 is 15.6 Å². The quantitative estimate of drug-likeness (QED) is 0.667. The summed E-state index contributed by atoms with van der Waals surface area (Å²) in [4.78, 5) is 16.4. The maximum Gasteiger partial charge on any atom is 0.231 e. The number of aryl methyl sites for hydroxylation is 1. The lowest BCUT2D eigenvalue weighted by atomic mass is 10.2. The van der Waals surface area contributed by atoms with E-state index in [1.54, 1.807) is 17.2 Å². The fourth-order valence-corrected chi connectivity index (χ4v) is 2.54. The van der Waals surface area contributed by atoms with E-state index in [1.165, 1.54) is 12.8 Å². The molecule has 0 bridgehead atoms. The van der Waals surface area contributed by atoms with Crippen molar-refractivity contribution in [2.75, 3.05) is 10.6 Å². The minimum atomic E-state index is 0.390. The molecule has 3 aromatic rings. The monoisotopic (exact) mass is 298 g/mol. The molecule has 1 saturated carbocycles. The Balaban J connectivity index is 1.66. The molecule has 3 N–H and O–H groups in total. The van der Waals surface area contributed by atoms with Crippen molar-refractivity contribution in [1.29, 1.82) is 0 Å². The third kappa shape index (κ3) is 2.47. The third-order valence-electron chi connectivity index (χ3n) is 3.93. The number of anilines is 3. The highest BCUT2D eigenvalue weighted by atomic mass is 15.3. The topological polar surface area (TPSA) is 96.3 Å². The lowest BCUT2D eigenvalue weighted by molar-refractivity contribution is 0.691. The zero-order valence-corrected chi connectivity index (χ0v) is 12.5. The van der Waals surface area contributed by atoms with E-state index in [-0.39, 0.29) is 0 Å². The van der Waals surface area contributed by atoms with Crippen LogP contribution in [0.5, 0.6) is 0 Å². The molecule has 1 aliphatic carbocycles. The Morgan fingerprint density at radius 1 is 1.36 bits per heavy atom. The number of nitrogens with one attached hydrogen (secondary N) is 3. The van der Waals surface area contributed by atoms with Gasteiger partial charge in [0.2, 0.25) is 5.95 Å². The van der Waals surface area contributed by atoms with Crippen LogP contribution in [0.1, 0.15) is 19.8 Å². The second-order valence-electron chi connectivity index (χ2n) is 5.79. The van der Waals surface area contributed by atoms with Crippen LogP contribution in [0, 0.1) is 5.92 Å². The molecule has 4 rings (SSSR count). The Morgan fingerprint density at radius 2 is 2.23 bits per heavy atom. The van der Waals surface area contributed by atoms with Gasteiger partial charge in [-0.15, -0.1) is 0 Å². The van der Waals surface area contributed by atoms with Gasteiger partial charge in [-0.2, -0.15) is 15.1 Å². The lowest BCUT2D eigenvalue weighted by Crippen LogP contribution is -2.19. The van der Waals surface area contributed by atoms with Crippen LogP contribution in [0.4, 0.5) is 17.5 Å². The van der Waals surface area contributed by atoms with Gasteiger partial charge in [-0.05, 0) is 25.7 Å². The molecule has 22 heavy (non-hydrogen) atoms. The maximum absolute atomic E-state index is 4.57. The van der Waals surface area contributed by atoms with Crippen LogP contribution < -0.4 is 10.6 Å². The molecule has 8 nitrogen and oxygen atoms in total. The molecule has 0 spiro atoms. The number of fused-ring (bicyclic) bond motifs is 1. The van der Waals surface area contributed by atoms with Gasteiger partial charge >= 0.3 is 0 Å². The van der Waals surface area contributed by atoms with E-state index in [1.807, 2.05) is 13.2 Å². The van der Waals surface area contributed by atoms with E-state index in [4.69, 9.17) is 0 Å². The second kappa shape index (κ2) is 4.97. The molecule has 1 atom stereocenters. The molecule has 3 heterocycles. The van der Waals surface area contributed by atoms with Gasteiger partial charge in [0.1, 0.15) is 5.52 Å². The number of H-pyrrole nitrogens is 1. The molecular formula is C14H18N8. The Hall–Kier alpha value is -2.64. The Labute approximate surface area is 127 Å². The summed E-state index contributed by atoms with van der Waals surface area (Å²) >= 11 is 0. The van der Waals surface area contributed by atoms with Crippen molar-refractivity contribution in [1.82, 2.24) is 29.7 Å². The molecular weight excluding hydrogens is 280 g/mol. The van der Waals surface area contributed by atoms with Crippen LogP contribution in [0.25, 0.3) is 11.2 Å². The SMILES string of the molecule is C[C@H](Nc1nc(Nc2cnn(C)c2)nc2[nH]cnc12)C1CC1. The first-order valence-electron chi connectivity index (χ1n) is 7.42. The van der Waals surface area contributed by atoms with Crippen molar-refractivity contribution in [3.8, 4) is 0 Å². The van der Waals surface area contributed by atoms with Crippen LogP contribution in [-0.2, 0) is 7.05 Å². The molecule has 114 valence electrons. The highest BCUT2D eigenvalue weighted by molar-refractivity contribution is 5.84. The van der Waals surface area contributed by atoms with Gasteiger partial charge in [0, 0.05) is 19.3 Å². The maximum atomic E-state index is 4.57. The number of rotatable bonds is 5. The molecule has 0 radical (unpaired) electrons. The predicted octanol–water partition coefficient (Wildman–Crippen LogP) is 2.04. The van der Waals surface area contributed by atoms with E-state index in [2.05, 4.69) is 42.6 Å². The van der Waals surface area contributed by atoms with E-state index in [0.29, 0.717) is 17.6 Å². The second-order valence-corrected chi connectivity index (χ2v) is 5.79. The number of hydrogen-bond acceptors (Lipinski definition) is 6. The molecule has 0 aliphatic heterocycles. The van der Waals surface area contributed by atoms with Crippen molar-refractivity contribution in [3.63, 3.8) is 0 Å². The average Bonchev–Trinajstić information content (AvgIpc) is 3.11. The molecule has 1 fully saturated rings. The summed E-state index contributed by atoms with van der Waals surface area (Å²) in [5.74, 6) is 2.02. The van der Waals surface area contributed by atoms with Crippen LogP contribution in [0.15, 0.2) is 18.7 Å². The number of nitrogens with zero attached hydrogens (tertiary/aromatic N) is 5. The average molecular weight is 298 g/mol. The smallest absolute Gasteiger partial charge is 0.231 e. The highest BCUT2D eigenvalue weighted by Crippen LogP contribution is 2.34. The third-order valence-corrected chi connectivity index (χ3v) is 3.93. The first-order chi connectivity index (χ1) is 10.7. The molecule has 0 aromatic carbocycles. The molecule has 0 saturated heterocycles. The lowest BCUT2D eigenvalue weighted by Gasteiger charge is -2.14. The van der Waals surface area contributed by atoms with Crippen molar-refractivity contribution in [2.24, 2.45) is 13.0 Å². The minimum absolute atomic E-state index is 0.390. The van der Waals surface area contributed by atoms with Gasteiger partial charge in [-0.3, -0.25) is 4.68 Å². The Morgan fingerprint density at radius 3 is 2.95 bits per heavy atom. The largest absolute Gasteiger partial charge is 0.365 e. The fourth-order valence-electron chi connectivity index (χ4n) is 2.54. The molecule has 1 aliphatic rings. The normalized spacial score (nSPS) is 15.9. The zero-order chi connectivity index (χ0) is 15.1. The van der Waals surface area contributed by atoms with Gasteiger partial charge in [0.25, 0.3) is 0 Å². The molecule has 0 unspecified atom stereocenters. The van der Waals surface area contributed by atoms with Crippen LogP contribution in [-0.4, -0.2) is 35.8 Å². The van der Waals surface area contributed by atoms with Gasteiger partial charge in [0.15, 0.2) is 11.5 Å². The fraction of sp³-hybridized carbons (Fsp3) is 0.429. The molecule has 0 amide bonds. The number of aromatic nitrogens is 6. The Bertz CT molecular complexity index is 800. The predicted molar refractivity (Wildman–Crippen MR) is 84.0 cm³/mol. The summed E-state index contributed by atoms with van der Waals surface area (Å²) in [7, 11) is 1.87. The summed E-state index contributed by atoms with van der Waals surface area (Å²) in [6.45, 7) is 2.19. The van der Waals surface area contributed by atoms with Crippen molar-refractivity contribution >= 4 is 28.6 Å². The van der Waals surface area contributed by atoms with Gasteiger partial charge in [-0.25, -0.2) is 4.98 Å². The molecule has 8 heteroatoms. The van der Waals surface area contributed by atoms with E-state index < -0.39 is 0 Å². The molecule has 3 aromatic heterocycles. The summed E-state index contributed by atoms with van der Waals surface area (Å²) in [6, 6.07) is 0.390. The van der Waals surface area contributed by atoms with Crippen LogP contribution in [0.2, 0.25) is 0 Å². The summed E-state index contributed by atoms with van der Waals surface area (Å²) in [5.41, 5.74) is 2.33. The zero-order valence-electron chi connectivity index (χ0n) is 12.5. The van der Waals surface area contributed by atoms with E-state index in [0.717, 1.165) is 22.9 Å². The highest BCUT2D eigenvalue weighted by Gasteiger charge is 2.28. The minimum Gasteiger partial charge on any atom is -0.365 e. The summed E-state index contributed by atoms with van der Waals surface area (Å²) < 4.78 is 1.73. The van der Waals surface area contributed by atoms with E-state index in [9.17, 15) is 0 Å². The number of hydrogen-bond donors (Lipinski definition) is 3. The Kier molecular flexibility index (Phi) is 2.95. The van der Waals surface area contributed by atoms with Crippen LogP contribution in [0.3, 0.4) is 0 Å². The van der Waals surface area contributed by atoms with Crippen molar-refractivity contribution < 1.29 is 0 Å². The summed E-state index contributed by atoms with van der Waals surface area (Å²) in [6.07, 6.45) is 7.81. The van der Waals surface area contributed by atoms with Gasteiger partial charge in [0.05, 0.1) is 18.2 Å². The van der Waals surface area contributed by atoms with Crippen molar-refractivity contribution in [2.45, 2.75) is 25.8 Å². The number of aromatic amines is 1. The first-order valence-corrected chi connectivity index (χ1v) is 7.42. The van der Waals surface area contributed by atoms with Crippen LogP contribution >= 0.6 is 0 Å².